The van der Waals surface area contributed by atoms with E-state index in [9.17, 15) is 18.0 Å². The third kappa shape index (κ3) is 2.92. The third-order valence-electron chi connectivity index (χ3n) is 2.60. The number of aromatic nitrogens is 2. The number of anilines is 1. The van der Waals surface area contributed by atoms with Gasteiger partial charge in [-0.1, -0.05) is 0 Å². The van der Waals surface area contributed by atoms with Crippen LogP contribution in [0.3, 0.4) is 0 Å². The SMILES string of the molecule is O=C(O)C1COCCN1c1nccc(C(F)(F)F)n1. The van der Waals surface area contributed by atoms with Crippen LogP contribution < -0.4 is 4.90 Å². The zero-order valence-corrected chi connectivity index (χ0v) is 9.59. The van der Waals surface area contributed by atoms with Gasteiger partial charge in [-0.15, -0.1) is 0 Å². The van der Waals surface area contributed by atoms with Gasteiger partial charge < -0.3 is 14.7 Å². The van der Waals surface area contributed by atoms with Gasteiger partial charge >= 0.3 is 12.1 Å². The molecular weight excluding hydrogens is 267 g/mol. The molecule has 1 saturated heterocycles. The van der Waals surface area contributed by atoms with E-state index in [2.05, 4.69) is 9.97 Å². The molecule has 1 N–H and O–H groups in total. The summed E-state index contributed by atoms with van der Waals surface area (Å²) in [7, 11) is 0. The second kappa shape index (κ2) is 5.00. The largest absolute Gasteiger partial charge is 0.480 e. The molecule has 0 saturated carbocycles. The average Bonchev–Trinajstić information content (AvgIpc) is 2.38. The van der Waals surface area contributed by atoms with E-state index in [1.165, 1.54) is 4.90 Å². The minimum absolute atomic E-state index is 0.116. The summed E-state index contributed by atoms with van der Waals surface area (Å²) in [5.74, 6) is -1.45. The van der Waals surface area contributed by atoms with Gasteiger partial charge in [0.05, 0.1) is 13.2 Å². The van der Waals surface area contributed by atoms with Crippen molar-refractivity contribution in [3.63, 3.8) is 0 Å². The zero-order valence-electron chi connectivity index (χ0n) is 9.59. The molecule has 104 valence electrons. The number of hydrogen-bond donors (Lipinski definition) is 1. The predicted octanol–water partition coefficient (Wildman–Crippen LogP) is 0.785. The smallest absolute Gasteiger partial charge is 0.433 e. The van der Waals surface area contributed by atoms with Crippen LogP contribution in [0.25, 0.3) is 0 Å². The van der Waals surface area contributed by atoms with Gasteiger partial charge in [0.2, 0.25) is 5.95 Å². The van der Waals surface area contributed by atoms with E-state index in [0.717, 1.165) is 12.3 Å². The summed E-state index contributed by atoms with van der Waals surface area (Å²) < 4.78 is 42.6. The van der Waals surface area contributed by atoms with Gasteiger partial charge in [0.15, 0.2) is 6.04 Å². The maximum atomic E-state index is 12.5. The molecule has 1 unspecified atom stereocenters. The van der Waals surface area contributed by atoms with Crippen molar-refractivity contribution >= 4 is 11.9 Å². The van der Waals surface area contributed by atoms with Crippen LogP contribution in [-0.4, -0.2) is 46.8 Å². The van der Waals surface area contributed by atoms with Crippen LogP contribution in [0.15, 0.2) is 12.3 Å². The fraction of sp³-hybridized carbons (Fsp3) is 0.500. The van der Waals surface area contributed by atoms with Crippen LogP contribution in [0.5, 0.6) is 0 Å². The summed E-state index contributed by atoms with van der Waals surface area (Å²) in [6.07, 6.45) is -3.64. The molecule has 1 atom stereocenters. The third-order valence-corrected chi connectivity index (χ3v) is 2.60. The molecule has 0 aromatic carbocycles. The molecule has 1 aromatic heterocycles. The van der Waals surface area contributed by atoms with Crippen molar-refractivity contribution in [3.05, 3.63) is 18.0 Å². The van der Waals surface area contributed by atoms with Gasteiger partial charge in [-0.2, -0.15) is 13.2 Å². The Kier molecular flexibility index (Phi) is 3.56. The Labute approximate surface area is 105 Å². The van der Waals surface area contributed by atoms with Crippen molar-refractivity contribution in [1.82, 2.24) is 9.97 Å². The lowest BCUT2D eigenvalue weighted by Crippen LogP contribution is -2.50. The maximum absolute atomic E-state index is 12.5. The Morgan fingerprint density at radius 3 is 2.89 bits per heavy atom. The number of rotatable bonds is 2. The Morgan fingerprint density at radius 2 is 2.26 bits per heavy atom. The number of aliphatic carboxylic acids is 1. The van der Waals surface area contributed by atoms with Gasteiger partial charge in [0, 0.05) is 12.7 Å². The number of carbonyl (C=O) groups is 1. The summed E-state index contributed by atoms with van der Waals surface area (Å²) in [6, 6.07) is -0.350. The quantitative estimate of drug-likeness (QED) is 0.861. The van der Waals surface area contributed by atoms with E-state index >= 15 is 0 Å². The zero-order chi connectivity index (χ0) is 14.0. The summed E-state index contributed by atoms with van der Waals surface area (Å²) >= 11 is 0. The highest BCUT2D eigenvalue weighted by atomic mass is 19.4. The van der Waals surface area contributed by atoms with Crippen molar-refractivity contribution in [2.75, 3.05) is 24.7 Å². The minimum atomic E-state index is -4.59. The number of hydrogen-bond acceptors (Lipinski definition) is 5. The summed E-state index contributed by atoms with van der Waals surface area (Å²) in [6.45, 7) is 0.219. The molecule has 6 nitrogen and oxygen atoms in total. The average molecular weight is 277 g/mol. The van der Waals surface area contributed by atoms with Crippen LogP contribution in [0.1, 0.15) is 5.69 Å². The van der Waals surface area contributed by atoms with Gasteiger partial charge in [-0.25, -0.2) is 14.8 Å². The van der Waals surface area contributed by atoms with E-state index in [1.54, 1.807) is 0 Å². The highest BCUT2D eigenvalue weighted by Crippen LogP contribution is 2.28. The first-order valence-corrected chi connectivity index (χ1v) is 5.37. The van der Waals surface area contributed by atoms with Crippen molar-refractivity contribution in [2.45, 2.75) is 12.2 Å². The van der Waals surface area contributed by atoms with Crippen LogP contribution in [0, 0.1) is 0 Å². The van der Waals surface area contributed by atoms with Crippen molar-refractivity contribution < 1.29 is 27.8 Å². The standard InChI is InChI=1S/C10H10F3N3O3/c11-10(12,13)7-1-2-14-9(15-7)16-3-4-19-5-6(16)8(17)18/h1-2,6H,3-5H2,(H,17,18). The second-order valence-corrected chi connectivity index (χ2v) is 3.86. The van der Waals surface area contributed by atoms with E-state index < -0.39 is 23.9 Å². The topological polar surface area (TPSA) is 75.6 Å². The molecule has 1 fully saturated rings. The molecule has 1 aromatic rings. The predicted molar refractivity (Wildman–Crippen MR) is 56.6 cm³/mol. The molecule has 0 aliphatic carbocycles. The first kappa shape index (κ1) is 13.5. The molecule has 0 amide bonds. The van der Waals surface area contributed by atoms with E-state index in [4.69, 9.17) is 9.84 Å². The van der Waals surface area contributed by atoms with Crippen molar-refractivity contribution in [1.29, 1.82) is 0 Å². The van der Waals surface area contributed by atoms with Gasteiger partial charge in [0.1, 0.15) is 5.69 Å². The summed E-state index contributed by atoms with van der Waals surface area (Å²) in [4.78, 5) is 19.3. The summed E-state index contributed by atoms with van der Waals surface area (Å²) in [5.41, 5.74) is -1.10. The van der Waals surface area contributed by atoms with Gasteiger partial charge in [0.25, 0.3) is 0 Å². The fourth-order valence-electron chi connectivity index (χ4n) is 1.69. The highest BCUT2D eigenvalue weighted by molar-refractivity contribution is 5.77. The number of halogens is 3. The maximum Gasteiger partial charge on any atom is 0.433 e. The fourth-order valence-corrected chi connectivity index (χ4v) is 1.69. The van der Waals surface area contributed by atoms with Crippen LogP contribution in [0.2, 0.25) is 0 Å². The number of morpholine rings is 1. The Hall–Kier alpha value is -1.90. The highest BCUT2D eigenvalue weighted by Gasteiger charge is 2.35. The normalized spacial score (nSPS) is 20.4. The number of alkyl halides is 3. The Bertz CT molecular complexity index is 481. The molecule has 0 bridgehead atoms. The van der Waals surface area contributed by atoms with E-state index in [0.29, 0.717) is 0 Å². The van der Waals surface area contributed by atoms with Crippen LogP contribution in [0.4, 0.5) is 19.1 Å². The summed E-state index contributed by atoms with van der Waals surface area (Å²) in [5, 5.41) is 9.00. The van der Waals surface area contributed by atoms with Crippen molar-refractivity contribution in [3.8, 4) is 0 Å². The molecule has 1 aliphatic heterocycles. The molecule has 0 spiro atoms. The lowest BCUT2D eigenvalue weighted by atomic mass is 10.2. The lowest BCUT2D eigenvalue weighted by molar-refractivity contribution is -0.141. The molecule has 2 heterocycles. The lowest BCUT2D eigenvalue weighted by Gasteiger charge is -2.32. The van der Waals surface area contributed by atoms with Crippen LogP contribution >= 0.6 is 0 Å². The van der Waals surface area contributed by atoms with Gasteiger partial charge in [-0.05, 0) is 6.07 Å². The first-order chi connectivity index (χ1) is 8.89. The minimum Gasteiger partial charge on any atom is -0.480 e. The number of nitrogens with zero attached hydrogens (tertiary/aromatic N) is 3. The van der Waals surface area contributed by atoms with Crippen LogP contribution in [-0.2, 0) is 15.7 Å². The van der Waals surface area contributed by atoms with Gasteiger partial charge in [-0.3, -0.25) is 0 Å². The molecular formula is C10H10F3N3O3. The molecule has 9 heteroatoms. The Morgan fingerprint density at radius 1 is 1.53 bits per heavy atom. The van der Waals surface area contributed by atoms with E-state index in [-0.39, 0.29) is 25.7 Å². The monoisotopic (exact) mass is 277 g/mol. The second-order valence-electron chi connectivity index (χ2n) is 3.86. The first-order valence-electron chi connectivity index (χ1n) is 5.37. The molecule has 19 heavy (non-hydrogen) atoms. The number of ether oxygens (including phenoxy) is 1. The number of carboxylic acid groups (broad SMARTS) is 1. The molecule has 1 aliphatic rings. The van der Waals surface area contributed by atoms with Crippen molar-refractivity contribution in [2.24, 2.45) is 0 Å². The molecule has 0 radical (unpaired) electrons. The molecule has 2 rings (SSSR count). The Balaban J connectivity index is 2.32. The number of carboxylic acids is 1. The van der Waals surface area contributed by atoms with E-state index in [1.807, 2.05) is 0 Å².